The lowest BCUT2D eigenvalue weighted by molar-refractivity contribution is -0.127. The molecular weight excluding hydrogens is 282 g/mol. The lowest BCUT2D eigenvalue weighted by Gasteiger charge is -2.28. The van der Waals surface area contributed by atoms with E-state index in [1.54, 1.807) is 0 Å². The van der Waals surface area contributed by atoms with Crippen LogP contribution in [0.4, 0.5) is 0 Å². The molecule has 122 valence electrons. The first-order chi connectivity index (χ1) is 11.2. The van der Waals surface area contributed by atoms with Crippen molar-refractivity contribution in [2.75, 3.05) is 0 Å². The van der Waals surface area contributed by atoms with Crippen LogP contribution >= 0.6 is 0 Å². The summed E-state index contributed by atoms with van der Waals surface area (Å²) in [5, 5.41) is 3.35. The number of carbonyl (C=O) groups excluding carboxylic acids is 1. The van der Waals surface area contributed by atoms with Crippen molar-refractivity contribution in [2.24, 2.45) is 23.7 Å². The second-order valence-electron chi connectivity index (χ2n) is 7.68. The van der Waals surface area contributed by atoms with Crippen LogP contribution in [0.25, 0.3) is 5.57 Å². The van der Waals surface area contributed by atoms with Gasteiger partial charge in [-0.25, -0.2) is 0 Å². The number of hydrogen-bond donors (Lipinski definition) is 1. The predicted octanol–water partition coefficient (Wildman–Crippen LogP) is 4.55. The van der Waals surface area contributed by atoms with Crippen LogP contribution in [0.5, 0.6) is 0 Å². The fraction of sp³-hybridized carbons (Fsp3) is 0.571. The maximum absolute atomic E-state index is 12.9. The normalized spacial score (nSPS) is 33.7. The quantitative estimate of drug-likeness (QED) is 0.872. The Labute approximate surface area is 139 Å². The molecule has 4 atom stereocenters. The molecule has 2 fully saturated rings. The molecule has 23 heavy (non-hydrogen) atoms. The summed E-state index contributed by atoms with van der Waals surface area (Å²) in [5.74, 6) is 2.52. The lowest BCUT2D eigenvalue weighted by Crippen LogP contribution is -2.37. The third-order valence-corrected chi connectivity index (χ3v) is 6.61. The van der Waals surface area contributed by atoms with E-state index in [-0.39, 0.29) is 5.92 Å². The summed E-state index contributed by atoms with van der Waals surface area (Å²) in [6.07, 6.45) is 6.95. The van der Waals surface area contributed by atoms with E-state index in [0.29, 0.717) is 17.7 Å². The van der Waals surface area contributed by atoms with Gasteiger partial charge < -0.3 is 5.32 Å². The highest BCUT2D eigenvalue weighted by Gasteiger charge is 2.48. The number of fused-ring (bicyclic) bond motifs is 3. The third-order valence-electron chi connectivity index (χ3n) is 6.61. The molecule has 3 aliphatic rings. The molecule has 0 heterocycles. The van der Waals surface area contributed by atoms with Gasteiger partial charge in [-0.15, -0.1) is 0 Å². The van der Waals surface area contributed by atoms with Gasteiger partial charge in [-0.05, 0) is 73.0 Å². The van der Waals surface area contributed by atoms with Crippen LogP contribution in [0.1, 0.15) is 57.1 Å². The van der Waals surface area contributed by atoms with Crippen molar-refractivity contribution >= 4 is 11.5 Å². The number of nitrogens with one attached hydrogen (secondary N) is 1. The number of benzene rings is 1. The molecule has 0 saturated heterocycles. The summed E-state index contributed by atoms with van der Waals surface area (Å²) < 4.78 is 0. The molecule has 0 aliphatic heterocycles. The van der Waals surface area contributed by atoms with Gasteiger partial charge in [0.15, 0.2) is 0 Å². The molecule has 4 rings (SSSR count). The molecule has 2 bridgehead atoms. The summed E-state index contributed by atoms with van der Waals surface area (Å²) >= 11 is 0. The first-order valence-corrected chi connectivity index (χ1v) is 9.30. The van der Waals surface area contributed by atoms with E-state index in [2.05, 4.69) is 43.4 Å². The van der Waals surface area contributed by atoms with Gasteiger partial charge in [0.2, 0.25) is 5.91 Å². The fourth-order valence-electron chi connectivity index (χ4n) is 5.38. The standard InChI is InChI=1S/C21H27NO/c1-3-19(18-11-10-14-6-4-5-7-17(14)18)22-21(23)20-13(2)15-8-9-16(20)12-15/h4-7,13,15-16,20H,3,8-12H2,1-2H3,(H,22,23). The highest BCUT2D eigenvalue weighted by atomic mass is 16.2. The molecule has 2 nitrogen and oxygen atoms in total. The van der Waals surface area contributed by atoms with E-state index in [4.69, 9.17) is 0 Å². The molecule has 1 amide bonds. The van der Waals surface area contributed by atoms with Gasteiger partial charge in [0.1, 0.15) is 0 Å². The Bertz CT molecular complexity index is 658. The predicted molar refractivity (Wildman–Crippen MR) is 93.6 cm³/mol. The van der Waals surface area contributed by atoms with Crippen LogP contribution in [0.15, 0.2) is 30.0 Å². The van der Waals surface area contributed by atoms with E-state index in [0.717, 1.165) is 30.9 Å². The molecule has 2 heteroatoms. The Morgan fingerprint density at radius 2 is 1.96 bits per heavy atom. The molecular formula is C21H27NO. The van der Waals surface area contributed by atoms with Gasteiger partial charge in [0.25, 0.3) is 0 Å². The van der Waals surface area contributed by atoms with Gasteiger partial charge in [0.05, 0.1) is 0 Å². The maximum Gasteiger partial charge on any atom is 0.227 e. The summed E-state index contributed by atoms with van der Waals surface area (Å²) in [5.41, 5.74) is 5.31. The van der Waals surface area contributed by atoms with Gasteiger partial charge in [-0.1, -0.05) is 38.1 Å². The van der Waals surface area contributed by atoms with E-state index in [1.807, 2.05) is 0 Å². The summed E-state index contributed by atoms with van der Waals surface area (Å²) in [6.45, 7) is 4.45. The van der Waals surface area contributed by atoms with Crippen LogP contribution in [0.2, 0.25) is 0 Å². The average molecular weight is 309 g/mol. The van der Waals surface area contributed by atoms with E-state index in [9.17, 15) is 4.79 Å². The van der Waals surface area contributed by atoms with Gasteiger partial charge >= 0.3 is 0 Å². The molecule has 1 aromatic rings. The Balaban J connectivity index is 1.58. The van der Waals surface area contributed by atoms with Gasteiger partial charge in [-0.3, -0.25) is 4.79 Å². The topological polar surface area (TPSA) is 29.1 Å². The minimum atomic E-state index is 0.243. The van der Waals surface area contributed by atoms with Gasteiger partial charge in [0, 0.05) is 11.6 Å². The third kappa shape index (κ3) is 2.43. The second kappa shape index (κ2) is 5.81. The van der Waals surface area contributed by atoms with E-state index >= 15 is 0 Å². The molecule has 0 radical (unpaired) electrons. The zero-order chi connectivity index (χ0) is 16.0. The van der Waals surface area contributed by atoms with Crippen LogP contribution in [-0.2, 0) is 11.2 Å². The van der Waals surface area contributed by atoms with Gasteiger partial charge in [-0.2, -0.15) is 0 Å². The van der Waals surface area contributed by atoms with Crippen LogP contribution in [-0.4, -0.2) is 5.91 Å². The number of amides is 1. The van der Waals surface area contributed by atoms with Crippen molar-refractivity contribution in [3.63, 3.8) is 0 Å². The SMILES string of the molecule is CCC(NC(=O)C1C2CCC(C2)C1C)=C1CCc2ccccc21. The number of allylic oxidation sites excluding steroid dienone is 2. The fourth-order valence-corrected chi connectivity index (χ4v) is 5.38. The summed E-state index contributed by atoms with van der Waals surface area (Å²) in [4.78, 5) is 12.9. The molecule has 0 spiro atoms. The number of rotatable bonds is 3. The van der Waals surface area contributed by atoms with Crippen molar-refractivity contribution < 1.29 is 4.79 Å². The average Bonchev–Trinajstić information content (AvgIpc) is 3.26. The molecule has 1 aromatic carbocycles. The minimum Gasteiger partial charge on any atom is -0.329 e. The summed E-state index contributed by atoms with van der Waals surface area (Å²) in [6, 6.07) is 8.65. The molecule has 3 aliphatic carbocycles. The molecule has 2 saturated carbocycles. The highest BCUT2D eigenvalue weighted by Crippen LogP contribution is 2.52. The van der Waals surface area contributed by atoms with Crippen molar-refractivity contribution in [2.45, 2.75) is 52.4 Å². The largest absolute Gasteiger partial charge is 0.329 e. The monoisotopic (exact) mass is 309 g/mol. The number of hydrogen-bond acceptors (Lipinski definition) is 1. The van der Waals surface area contributed by atoms with Crippen LogP contribution in [0.3, 0.4) is 0 Å². The number of aryl methyl sites for hydroxylation is 1. The second-order valence-corrected chi connectivity index (χ2v) is 7.68. The first-order valence-electron chi connectivity index (χ1n) is 9.30. The van der Waals surface area contributed by atoms with Crippen molar-refractivity contribution in [1.82, 2.24) is 5.32 Å². The maximum atomic E-state index is 12.9. The molecule has 4 unspecified atom stereocenters. The summed E-state index contributed by atoms with van der Waals surface area (Å²) in [7, 11) is 0. The van der Waals surface area contributed by atoms with E-state index < -0.39 is 0 Å². The lowest BCUT2D eigenvalue weighted by atomic mass is 9.80. The number of carbonyl (C=O) groups is 1. The van der Waals surface area contributed by atoms with E-state index in [1.165, 1.54) is 36.0 Å². The first kappa shape index (κ1) is 15.0. The Morgan fingerprint density at radius 3 is 2.70 bits per heavy atom. The van der Waals surface area contributed by atoms with Crippen LogP contribution in [0, 0.1) is 23.7 Å². The minimum absolute atomic E-state index is 0.243. The smallest absolute Gasteiger partial charge is 0.227 e. The van der Waals surface area contributed by atoms with Crippen molar-refractivity contribution in [3.05, 3.63) is 41.1 Å². The Kier molecular flexibility index (Phi) is 3.79. The van der Waals surface area contributed by atoms with Crippen molar-refractivity contribution in [3.8, 4) is 0 Å². The zero-order valence-electron chi connectivity index (χ0n) is 14.3. The Morgan fingerprint density at radius 1 is 1.17 bits per heavy atom. The van der Waals surface area contributed by atoms with Crippen LogP contribution < -0.4 is 5.32 Å². The highest BCUT2D eigenvalue weighted by molar-refractivity contribution is 5.85. The Hall–Kier alpha value is -1.57. The molecule has 0 aromatic heterocycles. The van der Waals surface area contributed by atoms with Crippen molar-refractivity contribution in [1.29, 1.82) is 0 Å². The molecule has 1 N–H and O–H groups in total. The zero-order valence-corrected chi connectivity index (χ0v) is 14.3.